The van der Waals surface area contributed by atoms with Gasteiger partial charge in [0.1, 0.15) is 0 Å². The second kappa shape index (κ2) is 14.2. The molecule has 0 saturated carbocycles. The molecule has 0 aliphatic carbocycles. The van der Waals surface area contributed by atoms with Gasteiger partial charge >= 0.3 is 0 Å². The standard InChI is InChI=1S/C56H35N5/c1-5-17-36(18-6-1)53-49-34-48-47-33-39(29-32-51(47)61(40-23-11-4-12-24-40)52(48)35-46(49)44-27-15-16-28-50(44)57-53)41-30-31-45(43-26-14-13-25-42(41)43)56-59-54(37-19-7-2-8-20-37)58-55(60-56)38-21-9-3-10-22-38/h1-35H. The molecule has 9 aromatic carbocycles. The molecule has 0 saturated heterocycles. The Kier molecular flexibility index (Phi) is 8.10. The predicted octanol–water partition coefficient (Wildman–Crippen LogP) is 14.2. The lowest BCUT2D eigenvalue weighted by Gasteiger charge is -2.13. The number of hydrogen-bond donors (Lipinski definition) is 0. The molecule has 0 aliphatic heterocycles. The molecule has 0 unspecified atom stereocenters. The third-order valence-electron chi connectivity index (χ3n) is 11.8. The molecular weight excluding hydrogens is 743 g/mol. The van der Waals surface area contributed by atoms with Crippen molar-refractivity contribution in [2.24, 2.45) is 0 Å². The molecule has 3 heterocycles. The summed E-state index contributed by atoms with van der Waals surface area (Å²) in [5.74, 6) is 1.92. The molecule has 0 amide bonds. The Labute approximate surface area is 351 Å². The van der Waals surface area contributed by atoms with Crippen LogP contribution in [0.25, 0.3) is 116 Å². The van der Waals surface area contributed by atoms with Gasteiger partial charge in [-0.05, 0) is 75.8 Å². The molecule has 5 nitrogen and oxygen atoms in total. The van der Waals surface area contributed by atoms with Crippen LogP contribution in [0.3, 0.4) is 0 Å². The van der Waals surface area contributed by atoms with Crippen LogP contribution in [0.15, 0.2) is 212 Å². The first-order chi connectivity index (χ1) is 30.2. The highest BCUT2D eigenvalue weighted by Gasteiger charge is 2.20. The number of benzene rings is 9. The van der Waals surface area contributed by atoms with E-state index >= 15 is 0 Å². The molecule has 0 radical (unpaired) electrons. The fourth-order valence-electron chi connectivity index (χ4n) is 8.98. The number of hydrogen-bond acceptors (Lipinski definition) is 4. The number of fused-ring (bicyclic) bond motifs is 7. The summed E-state index contributed by atoms with van der Waals surface area (Å²) in [6.07, 6.45) is 0. The van der Waals surface area contributed by atoms with Crippen molar-refractivity contribution in [1.29, 1.82) is 0 Å². The van der Waals surface area contributed by atoms with Gasteiger partial charge in [0.15, 0.2) is 17.5 Å². The van der Waals surface area contributed by atoms with Gasteiger partial charge in [0.05, 0.1) is 22.2 Å². The third-order valence-corrected chi connectivity index (χ3v) is 11.8. The maximum Gasteiger partial charge on any atom is 0.164 e. The zero-order valence-corrected chi connectivity index (χ0v) is 32.9. The predicted molar refractivity (Wildman–Crippen MR) is 252 cm³/mol. The quantitative estimate of drug-likeness (QED) is 0.158. The van der Waals surface area contributed by atoms with Crippen LogP contribution in [-0.4, -0.2) is 24.5 Å². The van der Waals surface area contributed by atoms with Gasteiger partial charge in [-0.25, -0.2) is 19.9 Å². The SMILES string of the molecule is c1ccc(-c2nc(-c3ccccc3)nc(-c3ccc(-c4ccc5c(c4)c4cc6c(-c7ccccc7)nc7ccccc7c6cc4n5-c4ccccc4)c4ccccc34)n2)cc1. The minimum Gasteiger partial charge on any atom is -0.309 e. The molecular formula is C56H35N5. The first-order valence-electron chi connectivity index (χ1n) is 20.6. The maximum atomic E-state index is 5.28. The summed E-state index contributed by atoms with van der Waals surface area (Å²) in [4.78, 5) is 20.4. The van der Waals surface area contributed by atoms with Crippen molar-refractivity contribution in [2.45, 2.75) is 0 Å². The summed E-state index contributed by atoms with van der Waals surface area (Å²) in [6, 6.07) is 74.6. The van der Waals surface area contributed by atoms with Crippen molar-refractivity contribution in [2.75, 3.05) is 0 Å². The largest absolute Gasteiger partial charge is 0.309 e. The van der Waals surface area contributed by atoms with Crippen LogP contribution < -0.4 is 0 Å². The molecule has 0 atom stereocenters. The van der Waals surface area contributed by atoms with Crippen LogP contribution in [0.4, 0.5) is 0 Å². The molecule has 0 N–H and O–H groups in total. The van der Waals surface area contributed by atoms with Crippen LogP contribution in [0.5, 0.6) is 0 Å². The topological polar surface area (TPSA) is 56.5 Å². The van der Waals surface area contributed by atoms with Crippen LogP contribution in [-0.2, 0) is 0 Å². The Morgan fingerprint density at radius 1 is 0.279 bits per heavy atom. The van der Waals surface area contributed by atoms with E-state index in [1.807, 2.05) is 60.7 Å². The molecule has 5 heteroatoms. The van der Waals surface area contributed by atoms with E-state index in [2.05, 4.69) is 156 Å². The van der Waals surface area contributed by atoms with Gasteiger partial charge in [-0.2, -0.15) is 0 Å². The summed E-state index contributed by atoms with van der Waals surface area (Å²) in [5, 5.41) is 8.01. The Bertz CT molecular complexity index is 3560. The molecule has 61 heavy (non-hydrogen) atoms. The van der Waals surface area contributed by atoms with E-state index in [9.17, 15) is 0 Å². The molecule has 12 rings (SSSR count). The maximum absolute atomic E-state index is 5.28. The fourth-order valence-corrected chi connectivity index (χ4v) is 8.98. The number of aromatic nitrogens is 5. The summed E-state index contributed by atoms with van der Waals surface area (Å²) in [6.45, 7) is 0. The van der Waals surface area contributed by atoms with Crippen LogP contribution in [0, 0.1) is 0 Å². The number of nitrogens with zero attached hydrogens (tertiary/aromatic N) is 5. The summed E-state index contributed by atoms with van der Waals surface area (Å²) in [7, 11) is 0. The zero-order valence-electron chi connectivity index (χ0n) is 32.9. The zero-order chi connectivity index (χ0) is 40.3. The van der Waals surface area contributed by atoms with Crippen LogP contribution in [0.2, 0.25) is 0 Å². The van der Waals surface area contributed by atoms with Crippen molar-refractivity contribution in [3.63, 3.8) is 0 Å². The summed E-state index contributed by atoms with van der Waals surface area (Å²) >= 11 is 0. The van der Waals surface area contributed by atoms with Crippen molar-refractivity contribution >= 4 is 54.3 Å². The van der Waals surface area contributed by atoms with Gasteiger partial charge in [0, 0.05) is 49.5 Å². The van der Waals surface area contributed by atoms with Gasteiger partial charge in [-0.3, -0.25) is 0 Å². The molecule has 0 aliphatic rings. The smallest absolute Gasteiger partial charge is 0.164 e. The van der Waals surface area contributed by atoms with Gasteiger partial charge < -0.3 is 4.57 Å². The second-order valence-electron chi connectivity index (χ2n) is 15.4. The normalized spacial score (nSPS) is 11.6. The Balaban J connectivity index is 1.09. The monoisotopic (exact) mass is 777 g/mol. The van der Waals surface area contributed by atoms with E-state index in [0.29, 0.717) is 17.5 Å². The number of rotatable bonds is 6. The lowest BCUT2D eigenvalue weighted by molar-refractivity contribution is 1.08. The fraction of sp³-hybridized carbons (Fsp3) is 0. The number of para-hydroxylation sites is 2. The van der Waals surface area contributed by atoms with E-state index in [-0.39, 0.29) is 0 Å². The highest BCUT2D eigenvalue weighted by atomic mass is 15.0. The first kappa shape index (κ1) is 34.7. The third kappa shape index (κ3) is 5.86. The van der Waals surface area contributed by atoms with Crippen LogP contribution >= 0.6 is 0 Å². The van der Waals surface area contributed by atoms with Crippen molar-refractivity contribution in [3.8, 4) is 62.2 Å². The van der Waals surface area contributed by atoms with Crippen molar-refractivity contribution in [3.05, 3.63) is 212 Å². The van der Waals surface area contributed by atoms with E-state index in [1.54, 1.807) is 0 Å². The summed E-state index contributed by atoms with van der Waals surface area (Å²) in [5.41, 5.74) is 11.6. The molecule has 284 valence electrons. The summed E-state index contributed by atoms with van der Waals surface area (Å²) < 4.78 is 2.40. The average molecular weight is 778 g/mol. The molecule has 3 aromatic heterocycles. The molecule has 12 aromatic rings. The van der Waals surface area contributed by atoms with Gasteiger partial charge in [-0.15, -0.1) is 0 Å². The van der Waals surface area contributed by atoms with Gasteiger partial charge in [0.2, 0.25) is 0 Å². The average Bonchev–Trinajstić information content (AvgIpc) is 3.66. The molecule has 0 fully saturated rings. The van der Waals surface area contributed by atoms with Crippen molar-refractivity contribution in [1.82, 2.24) is 24.5 Å². The van der Waals surface area contributed by atoms with Crippen LogP contribution in [0.1, 0.15) is 0 Å². The first-order valence-corrected chi connectivity index (χ1v) is 20.6. The Morgan fingerprint density at radius 2 is 0.803 bits per heavy atom. The van der Waals surface area contributed by atoms with E-state index in [0.717, 1.165) is 82.9 Å². The molecule has 0 bridgehead atoms. The minimum atomic E-state index is 0.638. The second-order valence-corrected chi connectivity index (χ2v) is 15.4. The highest BCUT2D eigenvalue weighted by molar-refractivity contribution is 6.21. The molecule has 0 spiro atoms. The number of pyridine rings is 1. The highest BCUT2D eigenvalue weighted by Crippen LogP contribution is 2.42. The lowest BCUT2D eigenvalue weighted by atomic mass is 9.93. The minimum absolute atomic E-state index is 0.638. The van der Waals surface area contributed by atoms with Gasteiger partial charge in [-0.1, -0.05) is 164 Å². The van der Waals surface area contributed by atoms with E-state index < -0.39 is 0 Å². The van der Waals surface area contributed by atoms with Gasteiger partial charge in [0.25, 0.3) is 0 Å². The van der Waals surface area contributed by atoms with Crippen molar-refractivity contribution < 1.29 is 0 Å². The Morgan fingerprint density at radius 3 is 1.48 bits per heavy atom. The van der Waals surface area contributed by atoms with E-state index in [4.69, 9.17) is 19.9 Å². The van der Waals surface area contributed by atoms with E-state index in [1.165, 1.54) is 16.2 Å². The lowest BCUT2D eigenvalue weighted by Crippen LogP contribution is -2.00. The Hall–Kier alpha value is -8.28.